The van der Waals surface area contributed by atoms with Gasteiger partial charge in [-0.05, 0) is 43.2 Å². The van der Waals surface area contributed by atoms with E-state index < -0.39 is 40.9 Å². The van der Waals surface area contributed by atoms with Gasteiger partial charge in [-0.25, -0.2) is 8.78 Å². The van der Waals surface area contributed by atoms with E-state index in [1.807, 2.05) is 13.8 Å². The van der Waals surface area contributed by atoms with E-state index in [1.54, 1.807) is 0 Å². The molecule has 9 heteroatoms. The zero-order chi connectivity index (χ0) is 23.0. The Bertz CT molecular complexity index is 1020. The third-order valence-corrected chi connectivity index (χ3v) is 6.34. The molecule has 0 unspecified atom stereocenters. The molecule has 0 bridgehead atoms. The van der Waals surface area contributed by atoms with Crippen molar-refractivity contribution in [1.82, 2.24) is 15.4 Å². The Balaban J connectivity index is 1.65. The van der Waals surface area contributed by atoms with Gasteiger partial charge in [-0.15, -0.1) is 0 Å². The van der Waals surface area contributed by atoms with E-state index in [2.05, 4.69) is 10.5 Å². The van der Waals surface area contributed by atoms with Gasteiger partial charge in [0.15, 0.2) is 0 Å². The third-order valence-electron chi connectivity index (χ3n) is 6.34. The molecular weight excluding hydrogens is 423 g/mol. The lowest BCUT2D eigenvalue weighted by molar-refractivity contribution is -0.130. The van der Waals surface area contributed by atoms with Gasteiger partial charge in [-0.1, -0.05) is 31.8 Å². The second-order valence-corrected chi connectivity index (χ2v) is 9.06. The SMILES string of the molecule is CC(C)C[C@H]1C(=O)N[C@@H](C2CCCC2)CN1C(=O)c1noc(-c2ccc(F)cc2F)c1F. The zero-order valence-corrected chi connectivity index (χ0v) is 18.0. The van der Waals surface area contributed by atoms with E-state index >= 15 is 4.39 Å². The van der Waals surface area contributed by atoms with Crippen LogP contribution in [0, 0.1) is 29.3 Å². The Kier molecular flexibility index (Phi) is 6.26. The molecule has 172 valence electrons. The minimum absolute atomic E-state index is 0.120. The highest BCUT2D eigenvalue weighted by atomic mass is 19.1. The Morgan fingerprint density at radius 2 is 1.97 bits per heavy atom. The van der Waals surface area contributed by atoms with Crippen molar-refractivity contribution < 1.29 is 27.3 Å². The second-order valence-electron chi connectivity index (χ2n) is 9.06. The molecule has 32 heavy (non-hydrogen) atoms. The van der Waals surface area contributed by atoms with Crippen LogP contribution in [0.4, 0.5) is 13.2 Å². The van der Waals surface area contributed by atoms with Crippen LogP contribution < -0.4 is 5.32 Å². The summed E-state index contributed by atoms with van der Waals surface area (Å²) < 4.78 is 47.4. The molecule has 6 nitrogen and oxygen atoms in total. The summed E-state index contributed by atoms with van der Waals surface area (Å²) in [5.41, 5.74) is -0.952. The molecule has 2 heterocycles. The van der Waals surface area contributed by atoms with Gasteiger partial charge in [-0.3, -0.25) is 9.59 Å². The second kappa shape index (κ2) is 8.96. The lowest BCUT2D eigenvalue weighted by Gasteiger charge is -2.41. The van der Waals surface area contributed by atoms with Crippen molar-refractivity contribution in [2.24, 2.45) is 11.8 Å². The first-order valence-electron chi connectivity index (χ1n) is 11.0. The highest BCUT2D eigenvalue weighted by Crippen LogP contribution is 2.33. The van der Waals surface area contributed by atoms with Gasteiger partial charge in [0.1, 0.15) is 17.7 Å². The highest BCUT2D eigenvalue weighted by molar-refractivity contribution is 5.97. The predicted octanol–water partition coefficient (Wildman–Crippen LogP) is 4.30. The monoisotopic (exact) mass is 449 g/mol. The normalized spacial score (nSPS) is 21.9. The minimum Gasteiger partial charge on any atom is -0.352 e. The van der Waals surface area contributed by atoms with Crippen LogP contribution in [0.3, 0.4) is 0 Å². The summed E-state index contributed by atoms with van der Waals surface area (Å²) in [6.45, 7) is 4.12. The number of nitrogens with one attached hydrogen (secondary N) is 1. The standard InChI is InChI=1S/C23H26F3N3O3/c1-12(2)9-18-22(30)27-17(13-5-3-4-6-13)11-29(18)23(31)20-19(26)21(32-28-20)15-8-7-14(24)10-16(15)25/h7-8,10,12-13,17-18H,3-6,9,11H2,1-2H3,(H,27,30)/t17-,18+/m1/s1. The predicted molar refractivity (Wildman–Crippen MR) is 110 cm³/mol. The molecule has 1 aliphatic carbocycles. The van der Waals surface area contributed by atoms with E-state index in [9.17, 15) is 18.4 Å². The number of carbonyl (C=O) groups is 2. The molecule has 2 atom stereocenters. The molecule has 0 spiro atoms. The molecular formula is C23H26F3N3O3. The van der Waals surface area contributed by atoms with Crippen LogP contribution in [0.5, 0.6) is 0 Å². The molecule has 1 aliphatic heterocycles. The van der Waals surface area contributed by atoms with Crippen molar-refractivity contribution in [3.8, 4) is 11.3 Å². The summed E-state index contributed by atoms with van der Waals surface area (Å²) >= 11 is 0. The van der Waals surface area contributed by atoms with Crippen molar-refractivity contribution in [1.29, 1.82) is 0 Å². The van der Waals surface area contributed by atoms with E-state index in [1.165, 1.54) is 4.90 Å². The van der Waals surface area contributed by atoms with Gasteiger partial charge in [0, 0.05) is 18.7 Å². The number of benzene rings is 1. The number of nitrogens with zero attached hydrogens (tertiary/aromatic N) is 2. The largest absolute Gasteiger partial charge is 0.352 e. The van der Waals surface area contributed by atoms with Gasteiger partial charge < -0.3 is 14.7 Å². The minimum atomic E-state index is -1.13. The first-order valence-corrected chi connectivity index (χ1v) is 11.0. The molecule has 1 saturated heterocycles. The first kappa shape index (κ1) is 22.4. The first-order chi connectivity index (χ1) is 15.3. The van der Waals surface area contributed by atoms with E-state index in [4.69, 9.17) is 4.52 Å². The number of rotatable bonds is 5. The summed E-state index contributed by atoms with van der Waals surface area (Å²) in [6, 6.07) is 1.61. The number of carbonyl (C=O) groups excluding carboxylic acids is 2. The van der Waals surface area contributed by atoms with Crippen LogP contribution in [-0.2, 0) is 4.79 Å². The average molecular weight is 449 g/mol. The molecule has 2 aliphatic rings. The number of hydrogen-bond acceptors (Lipinski definition) is 4. The van der Waals surface area contributed by atoms with Crippen LogP contribution >= 0.6 is 0 Å². The lowest BCUT2D eigenvalue weighted by Crippen LogP contribution is -2.63. The van der Waals surface area contributed by atoms with E-state index in [0.717, 1.165) is 37.8 Å². The van der Waals surface area contributed by atoms with E-state index in [-0.39, 0.29) is 35.9 Å². The zero-order valence-electron chi connectivity index (χ0n) is 18.0. The van der Waals surface area contributed by atoms with Crippen molar-refractivity contribution in [2.75, 3.05) is 6.54 Å². The van der Waals surface area contributed by atoms with Crippen LogP contribution in [0.15, 0.2) is 22.7 Å². The maximum atomic E-state index is 15.1. The van der Waals surface area contributed by atoms with Crippen molar-refractivity contribution in [2.45, 2.75) is 58.0 Å². The van der Waals surface area contributed by atoms with Gasteiger partial charge in [0.2, 0.25) is 23.2 Å². The Hall–Kier alpha value is -2.84. The van der Waals surface area contributed by atoms with Gasteiger partial charge in [0.05, 0.1) is 5.56 Å². The summed E-state index contributed by atoms with van der Waals surface area (Å²) in [6.07, 6.45) is 4.49. The maximum Gasteiger partial charge on any atom is 0.279 e. The van der Waals surface area contributed by atoms with Crippen LogP contribution in [0.1, 0.15) is 56.4 Å². The van der Waals surface area contributed by atoms with Gasteiger partial charge >= 0.3 is 0 Å². The number of hydrogen-bond donors (Lipinski definition) is 1. The van der Waals surface area contributed by atoms with Gasteiger partial charge in [0.25, 0.3) is 5.91 Å². The molecule has 0 radical (unpaired) electrons. The average Bonchev–Trinajstić information content (AvgIpc) is 3.39. The topological polar surface area (TPSA) is 75.4 Å². The van der Waals surface area contributed by atoms with Crippen LogP contribution in [-0.4, -0.2) is 40.5 Å². The maximum absolute atomic E-state index is 15.1. The number of aromatic nitrogens is 1. The number of piperazine rings is 1. The number of amides is 2. The van der Waals surface area contributed by atoms with E-state index in [0.29, 0.717) is 12.5 Å². The Morgan fingerprint density at radius 1 is 1.25 bits per heavy atom. The summed E-state index contributed by atoms with van der Waals surface area (Å²) in [7, 11) is 0. The van der Waals surface area contributed by atoms with Crippen molar-refractivity contribution in [3.05, 3.63) is 41.3 Å². The molecule has 2 aromatic rings. The molecule has 1 aromatic heterocycles. The molecule has 2 fully saturated rings. The summed E-state index contributed by atoms with van der Waals surface area (Å²) in [5, 5.41) is 6.61. The molecule has 1 aromatic carbocycles. The lowest BCUT2D eigenvalue weighted by atomic mass is 9.91. The fourth-order valence-electron chi connectivity index (χ4n) is 4.73. The third kappa shape index (κ3) is 4.25. The molecule has 1 saturated carbocycles. The van der Waals surface area contributed by atoms with Crippen molar-refractivity contribution >= 4 is 11.8 Å². The van der Waals surface area contributed by atoms with Crippen LogP contribution in [0.2, 0.25) is 0 Å². The highest BCUT2D eigenvalue weighted by Gasteiger charge is 2.42. The summed E-state index contributed by atoms with van der Waals surface area (Å²) in [5.74, 6) is -4.22. The molecule has 1 N–H and O–H groups in total. The van der Waals surface area contributed by atoms with Crippen molar-refractivity contribution in [3.63, 3.8) is 0 Å². The quantitative estimate of drug-likeness (QED) is 0.738. The number of halogens is 3. The fourth-order valence-corrected chi connectivity index (χ4v) is 4.73. The smallest absolute Gasteiger partial charge is 0.279 e. The molecule has 4 rings (SSSR count). The fraction of sp³-hybridized carbons (Fsp3) is 0.522. The Morgan fingerprint density at radius 3 is 2.62 bits per heavy atom. The van der Waals surface area contributed by atoms with Gasteiger partial charge in [-0.2, -0.15) is 4.39 Å². The summed E-state index contributed by atoms with van der Waals surface area (Å²) in [4.78, 5) is 27.6. The van der Waals surface area contributed by atoms with Crippen LogP contribution in [0.25, 0.3) is 11.3 Å². The molecule has 2 amide bonds. The Labute approximate surface area is 184 Å².